The third-order valence-electron chi connectivity index (χ3n) is 1.15. The predicted molar refractivity (Wildman–Crippen MR) is 53.6 cm³/mol. The van der Waals surface area contributed by atoms with E-state index in [0.29, 0.717) is 6.42 Å². The first-order valence-corrected chi connectivity index (χ1v) is 5.90. The van der Waals surface area contributed by atoms with Crippen molar-refractivity contribution in [3.8, 4) is 0 Å². The van der Waals surface area contributed by atoms with E-state index in [-0.39, 0.29) is 63.6 Å². The summed E-state index contributed by atoms with van der Waals surface area (Å²) in [5, 5.41) is 8.04. The maximum atomic E-state index is 9.76. The summed E-state index contributed by atoms with van der Waals surface area (Å²) in [4.78, 5) is 9.76. The van der Waals surface area contributed by atoms with E-state index < -0.39 is 16.1 Å². The van der Waals surface area contributed by atoms with Crippen molar-refractivity contribution in [2.75, 3.05) is 5.75 Å². The van der Waals surface area contributed by atoms with E-state index in [1.165, 1.54) is 0 Å². The van der Waals surface area contributed by atoms with Crippen LogP contribution >= 0.6 is 0 Å². The molecule has 0 bridgehead atoms. The summed E-state index contributed by atoms with van der Waals surface area (Å²) in [6.45, 7) is 5.21. The average molecular weight is 264 g/mol. The summed E-state index contributed by atoms with van der Waals surface area (Å²) < 4.78 is 27.4. The molecule has 0 aliphatic rings. The Bertz CT molecular complexity index is 237. The van der Waals surface area contributed by atoms with Crippen molar-refractivity contribution in [3.05, 3.63) is 6.92 Å². The zero-order valence-corrected chi connectivity index (χ0v) is 13.2. The van der Waals surface area contributed by atoms with Crippen LogP contribution < -0.4 is 51.4 Å². The van der Waals surface area contributed by atoms with Crippen molar-refractivity contribution >= 4 is 16.1 Å². The summed E-state index contributed by atoms with van der Waals surface area (Å²) in [5.74, 6) is -0.936. The Morgan fingerprint density at radius 2 is 1.87 bits per heavy atom. The van der Waals surface area contributed by atoms with Crippen molar-refractivity contribution in [2.24, 2.45) is 0 Å². The van der Waals surface area contributed by atoms with Gasteiger partial charge in [-0.05, 0) is 6.42 Å². The normalized spacial score (nSPS) is 9.53. The number of carboxylic acid groups (broad SMARTS) is 1. The second-order valence-electron chi connectivity index (χ2n) is 2.64. The minimum absolute atomic E-state index is 0. The second kappa shape index (κ2) is 13.1. The molecule has 0 spiro atoms. The molecular weight excluding hydrogens is 247 g/mol. The van der Waals surface area contributed by atoms with Gasteiger partial charge < -0.3 is 12.0 Å². The maximum absolute atomic E-state index is 9.76. The van der Waals surface area contributed by atoms with Gasteiger partial charge in [-0.15, -0.1) is 0 Å². The Morgan fingerprint density at radius 3 is 1.93 bits per heavy atom. The predicted octanol–water partition coefficient (Wildman–Crippen LogP) is -1.64. The van der Waals surface area contributed by atoms with Crippen LogP contribution in [0.3, 0.4) is 0 Å². The van der Waals surface area contributed by atoms with Crippen molar-refractivity contribution in [1.29, 1.82) is 0 Å². The standard InChI is InChI=1S/C5H10O2.C3H7O3S.K/c1-2-3-4-5(6)7;1-2-3-7(4,5)6;/h2-4H2,1H3,(H,6,7);1-3H2,(H,4,5,6);/q;-1;+1. The van der Waals surface area contributed by atoms with Gasteiger partial charge in [0.15, 0.2) is 0 Å². The van der Waals surface area contributed by atoms with Gasteiger partial charge in [-0.1, -0.05) is 13.3 Å². The molecule has 0 unspecified atom stereocenters. The molecule has 0 fully saturated rings. The molecule has 15 heavy (non-hydrogen) atoms. The van der Waals surface area contributed by atoms with Gasteiger partial charge in [0, 0.05) is 12.2 Å². The Hall–Kier alpha value is 1.02. The molecule has 0 amide bonds. The summed E-state index contributed by atoms with van der Waals surface area (Å²) in [5.41, 5.74) is 0. The summed E-state index contributed by atoms with van der Waals surface area (Å²) in [6, 6.07) is 0. The third kappa shape index (κ3) is 31.3. The second-order valence-corrected chi connectivity index (χ2v) is 4.21. The maximum Gasteiger partial charge on any atom is 1.00 e. The molecule has 0 aromatic heterocycles. The number of aliphatic carboxylic acids is 1. The fraction of sp³-hybridized carbons (Fsp3) is 0.750. The van der Waals surface area contributed by atoms with E-state index in [1.807, 2.05) is 6.92 Å². The molecule has 5 nitrogen and oxygen atoms in total. The van der Waals surface area contributed by atoms with Gasteiger partial charge >= 0.3 is 57.4 Å². The number of hydrogen-bond acceptors (Lipinski definition) is 3. The molecule has 0 saturated heterocycles. The quantitative estimate of drug-likeness (QED) is 0.353. The van der Waals surface area contributed by atoms with E-state index in [1.54, 1.807) is 0 Å². The Morgan fingerprint density at radius 1 is 1.40 bits per heavy atom. The number of carboxylic acids is 1. The van der Waals surface area contributed by atoms with Gasteiger partial charge in [-0.2, -0.15) is 14.8 Å². The number of rotatable bonds is 5. The van der Waals surface area contributed by atoms with E-state index >= 15 is 0 Å². The van der Waals surface area contributed by atoms with Crippen LogP contribution in [0.25, 0.3) is 0 Å². The van der Waals surface area contributed by atoms with Crippen LogP contribution in [0, 0.1) is 6.92 Å². The van der Waals surface area contributed by atoms with Gasteiger partial charge in [-0.25, -0.2) is 0 Å². The molecule has 0 aliphatic heterocycles. The Kier molecular flexibility index (Phi) is 18.6. The van der Waals surface area contributed by atoms with E-state index in [2.05, 4.69) is 6.92 Å². The fourth-order valence-corrected chi connectivity index (χ4v) is 0.875. The molecule has 86 valence electrons. The number of hydrogen-bond donors (Lipinski definition) is 2. The third-order valence-corrected chi connectivity index (χ3v) is 1.95. The van der Waals surface area contributed by atoms with Crippen LogP contribution in [-0.4, -0.2) is 29.8 Å². The summed E-state index contributed by atoms with van der Waals surface area (Å²) >= 11 is 0. The van der Waals surface area contributed by atoms with Crippen LogP contribution in [0.15, 0.2) is 0 Å². The molecule has 0 saturated carbocycles. The smallest absolute Gasteiger partial charge is 0.481 e. The first-order valence-electron chi connectivity index (χ1n) is 4.29. The Labute approximate surface area is 134 Å². The largest absolute Gasteiger partial charge is 1.00 e. The number of unbranched alkanes of at least 4 members (excludes halogenated alkanes) is 1. The first-order chi connectivity index (χ1) is 6.33. The van der Waals surface area contributed by atoms with Crippen LogP contribution in [0.5, 0.6) is 0 Å². The van der Waals surface area contributed by atoms with Crippen molar-refractivity contribution in [3.63, 3.8) is 0 Å². The molecular formula is C8H17KO5S. The molecule has 0 aromatic carbocycles. The van der Waals surface area contributed by atoms with Crippen molar-refractivity contribution in [2.45, 2.75) is 32.6 Å². The van der Waals surface area contributed by atoms with E-state index in [9.17, 15) is 13.2 Å². The molecule has 7 heteroatoms. The van der Waals surface area contributed by atoms with Crippen LogP contribution in [0.1, 0.15) is 32.6 Å². The average Bonchev–Trinajstić information content (AvgIpc) is 1.99. The first kappa shape index (κ1) is 21.3. The SMILES string of the molecule is CCCCC(=O)O.[CH2-]CCS(=O)(=O)O.[K+]. The fourth-order valence-electron chi connectivity index (χ4n) is 0.510. The molecule has 0 rings (SSSR count). The zero-order valence-electron chi connectivity index (χ0n) is 9.27. The number of carbonyl (C=O) groups is 1. The molecule has 0 aliphatic carbocycles. The van der Waals surface area contributed by atoms with Crippen LogP contribution in [-0.2, 0) is 14.9 Å². The van der Waals surface area contributed by atoms with Gasteiger partial charge in [0.25, 0.3) is 10.1 Å². The van der Waals surface area contributed by atoms with Crippen LogP contribution in [0.4, 0.5) is 0 Å². The van der Waals surface area contributed by atoms with Gasteiger partial charge in [0.05, 0.1) is 0 Å². The van der Waals surface area contributed by atoms with Crippen molar-refractivity contribution < 1.29 is 74.3 Å². The zero-order chi connectivity index (χ0) is 11.6. The molecule has 0 aromatic rings. The van der Waals surface area contributed by atoms with E-state index in [0.717, 1.165) is 12.8 Å². The van der Waals surface area contributed by atoms with Gasteiger partial charge in [0.2, 0.25) is 0 Å². The molecule has 2 N–H and O–H groups in total. The molecule has 0 radical (unpaired) electrons. The topological polar surface area (TPSA) is 91.7 Å². The monoisotopic (exact) mass is 264 g/mol. The van der Waals surface area contributed by atoms with Crippen molar-refractivity contribution in [1.82, 2.24) is 0 Å². The van der Waals surface area contributed by atoms with Crippen LogP contribution in [0.2, 0.25) is 0 Å². The van der Waals surface area contributed by atoms with Gasteiger partial charge in [0.1, 0.15) is 0 Å². The van der Waals surface area contributed by atoms with Gasteiger partial charge in [-0.3, -0.25) is 9.35 Å². The Balaban J connectivity index is -0.000000180. The molecule has 0 heterocycles. The minimum atomic E-state index is -3.74. The minimum Gasteiger partial charge on any atom is -0.481 e. The summed E-state index contributed by atoms with van der Waals surface area (Å²) in [7, 11) is -3.74. The summed E-state index contributed by atoms with van der Waals surface area (Å²) in [6.07, 6.45) is 2.30. The van der Waals surface area contributed by atoms with E-state index in [4.69, 9.17) is 9.66 Å². The molecule has 0 atom stereocenters.